The standard InChI is InChI=1S/Al.4ClH.Li.H/h;4*1H;;/q;;;;;+1;-1. The smallest absolute Gasteiger partial charge is 1.00 e. The van der Waals surface area contributed by atoms with Crippen molar-refractivity contribution in [3.05, 3.63) is 0 Å². The van der Waals surface area contributed by atoms with Gasteiger partial charge in [0, 0.05) is 17.4 Å². The largest absolute Gasteiger partial charge is 1.00 e. The summed E-state index contributed by atoms with van der Waals surface area (Å²) in [6.45, 7) is 0. The van der Waals surface area contributed by atoms with Gasteiger partial charge in [-0.3, -0.25) is 0 Å². The van der Waals surface area contributed by atoms with Crippen molar-refractivity contribution in [1.82, 2.24) is 0 Å². The zero-order valence-corrected chi connectivity index (χ0v) is 7.63. The van der Waals surface area contributed by atoms with Gasteiger partial charge in [-0.1, -0.05) is 0 Å². The fourth-order valence-electron chi connectivity index (χ4n) is 0. The quantitative estimate of drug-likeness (QED) is 0.395. The first-order valence-electron chi connectivity index (χ1n) is 0. The van der Waals surface area contributed by atoms with Gasteiger partial charge in [-0.15, -0.1) is 49.6 Å². The molecular formula is H5AlCl4Li. The van der Waals surface area contributed by atoms with Gasteiger partial charge in [0.25, 0.3) is 0 Å². The summed E-state index contributed by atoms with van der Waals surface area (Å²) in [5.41, 5.74) is 0. The minimum absolute atomic E-state index is 0. The summed E-state index contributed by atoms with van der Waals surface area (Å²) in [5, 5.41) is 0. The molecule has 0 unspecified atom stereocenters. The molecule has 6 heavy (non-hydrogen) atoms. The molecule has 3 radical (unpaired) electrons. The molecule has 0 rings (SSSR count). The van der Waals surface area contributed by atoms with Crippen molar-refractivity contribution in [2.24, 2.45) is 0 Å². The maximum Gasteiger partial charge on any atom is 1.00 e. The third kappa shape index (κ3) is 33.6. The Labute approximate surface area is 86.6 Å². The van der Waals surface area contributed by atoms with Crippen molar-refractivity contribution in [2.75, 3.05) is 0 Å². The van der Waals surface area contributed by atoms with Gasteiger partial charge in [0.15, 0.2) is 0 Å². The van der Waals surface area contributed by atoms with E-state index in [1.807, 2.05) is 0 Å². The van der Waals surface area contributed by atoms with Crippen molar-refractivity contribution in [3.8, 4) is 0 Å². The predicted octanol–water partition coefficient (Wildman–Crippen LogP) is -1.58. The molecule has 0 aromatic heterocycles. The fraction of sp³-hybridized carbons (Fsp3) is 0. The zero-order chi connectivity index (χ0) is 0. The summed E-state index contributed by atoms with van der Waals surface area (Å²) < 4.78 is 0. The second kappa shape index (κ2) is 55.0. The minimum Gasteiger partial charge on any atom is -1.00 e. The van der Waals surface area contributed by atoms with Gasteiger partial charge >= 0.3 is 18.9 Å². The van der Waals surface area contributed by atoms with Crippen LogP contribution in [-0.4, -0.2) is 17.4 Å². The van der Waals surface area contributed by atoms with Gasteiger partial charge in [0.1, 0.15) is 0 Å². The van der Waals surface area contributed by atoms with Gasteiger partial charge in [0.05, 0.1) is 0 Å². The third-order valence-electron chi connectivity index (χ3n) is 0. The zero-order valence-electron chi connectivity index (χ0n) is 4.21. The van der Waals surface area contributed by atoms with E-state index in [2.05, 4.69) is 0 Å². The van der Waals surface area contributed by atoms with E-state index >= 15 is 0 Å². The van der Waals surface area contributed by atoms with Crippen LogP contribution in [0.25, 0.3) is 0 Å². The molecule has 0 aromatic rings. The van der Waals surface area contributed by atoms with Crippen molar-refractivity contribution >= 4 is 67.0 Å². The first kappa shape index (κ1) is 84.0. The molecule has 0 fully saturated rings. The van der Waals surface area contributed by atoms with Crippen molar-refractivity contribution in [3.63, 3.8) is 0 Å². The molecule has 0 spiro atoms. The van der Waals surface area contributed by atoms with E-state index in [9.17, 15) is 0 Å². The molecule has 0 aromatic carbocycles. The van der Waals surface area contributed by atoms with Crippen molar-refractivity contribution < 1.29 is 20.3 Å². The van der Waals surface area contributed by atoms with Crippen LogP contribution in [0.2, 0.25) is 0 Å². The maximum atomic E-state index is 0. The first-order chi connectivity index (χ1) is 0. The average molecular weight is 181 g/mol. The minimum atomic E-state index is 0. The van der Waals surface area contributed by atoms with Crippen LogP contribution in [-0.2, 0) is 0 Å². The Morgan fingerprint density at radius 2 is 0.667 bits per heavy atom. The Hall–Kier alpha value is 2.29. The van der Waals surface area contributed by atoms with Crippen molar-refractivity contribution in [1.29, 1.82) is 0 Å². The molecular weight excluding hydrogens is 176 g/mol. The monoisotopic (exact) mass is 179 g/mol. The van der Waals surface area contributed by atoms with E-state index in [1.165, 1.54) is 0 Å². The van der Waals surface area contributed by atoms with Gasteiger partial charge < -0.3 is 1.43 Å². The van der Waals surface area contributed by atoms with E-state index in [1.54, 1.807) is 0 Å². The van der Waals surface area contributed by atoms with Crippen LogP contribution in [0.1, 0.15) is 1.43 Å². The molecule has 0 heterocycles. The SMILES string of the molecule is Cl.Cl.Cl.Cl.[Al].[H-].[Li+]. The van der Waals surface area contributed by atoms with E-state index in [0.29, 0.717) is 0 Å². The third-order valence-corrected chi connectivity index (χ3v) is 0. The number of hydrogen-bond acceptors (Lipinski definition) is 0. The van der Waals surface area contributed by atoms with Crippen LogP contribution >= 0.6 is 49.6 Å². The molecule has 0 bridgehead atoms. The van der Waals surface area contributed by atoms with Crippen LogP contribution < -0.4 is 18.9 Å². The summed E-state index contributed by atoms with van der Waals surface area (Å²) in [6.07, 6.45) is 0. The molecule has 0 saturated carbocycles. The molecule has 0 aliphatic carbocycles. The van der Waals surface area contributed by atoms with Crippen LogP contribution in [0.5, 0.6) is 0 Å². The normalized spacial score (nSPS) is 0. The molecule has 0 amide bonds. The number of halogens is 4. The Morgan fingerprint density at radius 3 is 0.667 bits per heavy atom. The summed E-state index contributed by atoms with van der Waals surface area (Å²) in [4.78, 5) is 0. The molecule has 6 heteroatoms. The van der Waals surface area contributed by atoms with Crippen LogP contribution in [0.15, 0.2) is 0 Å². The van der Waals surface area contributed by atoms with Gasteiger partial charge in [-0.25, -0.2) is 0 Å². The summed E-state index contributed by atoms with van der Waals surface area (Å²) in [7, 11) is 0. The topological polar surface area (TPSA) is 0 Å². The van der Waals surface area contributed by atoms with Crippen LogP contribution in [0.3, 0.4) is 0 Å². The van der Waals surface area contributed by atoms with E-state index in [4.69, 9.17) is 0 Å². The Balaban J connectivity index is 0. The maximum absolute atomic E-state index is 0. The summed E-state index contributed by atoms with van der Waals surface area (Å²) in [5.74, 6) is 0. The fourth-order valence-corrected chi connectivity index (χ4v) is 0. The Bertz CT molecular complexity index is 11.7. The van der Waals surface area contributed by atoms with Crippen LogP contribution in [0.4, 0.5) is 0 Å². The average Bonchev–Trinajstić information content (AvgIpc) is 0. The second-order valence-corrected chi connectivity index (χ2v) is 0. The molecule has 0 nitrogen and oxygen atoms in total. The van der Waals surface area contributed by atoms with E-state index < -0.39 is 0 Å². The van der Waals surface area contributed by atoms with Gasteiger partial charge in [0.2, 0.25) is 0 Å². The first-order valence-corrected chi connectivity index (χ1v) is 0. The van der Waals surface area contributed by atoms with Crippen LogP contribution in [0, 0.1) is 0 Å². The molecule has 0 saturated heterocycles. The summed E-state index contributed by atoms with van der Waals surface area (Å²) >= 11 is 0. The molecule has 0 N–H and O–H groups in total. The summed E-state index contributed by atoms with van der Waals surface area (Å²) in [6, 6.07) is 0. The van der Waals surface area contributed by atoms with E-state index in [-0.39, 0.29) is 87.3 Å². The Morgan fingerprint density at radius 1 is 0.667 bits per heavy atom. The van der Waals surface area contributed by atoms with Gasteiger partial charge in [-0.2, -0.15) is 0 Å². The van der Waals surface area contributed by atoms with Crippen molar-refractivity contribution in [2.45, 2.75) is 0 Å². The molecule has 0 atom stereocenters. The molecule has 0 aliphatic heterocycles. The molecule has 0 aliphatic rings. The van der Waals surface area contributed by atoms with E-state index in [0.717, 1.165) is 0 Å². The molecule has 37 valence electrons. The Kier molecular flexibility index (Phi) is 770. The number of hydrogen-bond donors (Lipinski definition) is 0. The second-order valence-electron chi connectivity index (χ2n) is 0. The predicted molar refractivity (Wildman–Crippen MR) is 35.9 cm³/mol. The number of rotatable bonds is 0. The van der Waals surface area contributed by atoms with Gasteiger partial charge in [-0.05, 0) is 0 Å².